The predicted molar refractivity (Wildman–Crippen MR) is 90.7 cm³/mol. The van der Waals surface area contributed by atoms with E-state index in [-0.39, 0.29) is 5.97 Å². The fraction of sp³-hybridized carbons (Fsp3) is 0.133. The number of carbonyl (C=O) groups excluding carboxylic acids is 1. The third kappa shape index (κ3) is 4.14. The van der Waals surface area contributed by atoms with Crippen LogP contribution >= 0.6 is 46.0 Å². The second-order valence-electron chi connectivity index (χ2n) is 3.92. The van der Waals surface area contributed by atoms with Gasteiger partial charge in [0.1, 0.15) is 0 Å². The van der Waals surface area contributed by atoms with Crippen LogP contribution in [0.2, 0.25) is 5.02 Å². The average Bonchev–Trinajstić information content (AvgIpc) is 2.43. The van der Waals surface area contributed by atoms with Crippen LogP contribution < -0.4 is 0 Å². The lowest BCUT2D eigenvalue weighted by Gasteiger charge is -2.09. The minimum Gasteiger partial charge on any atom is -0.462 e. The maximum atomic E-state index is 12.0. The zero-order chi connectivity index (χ0) is 14.5. The van der Waals surface area contributed by atoms with Gasteiger partial charge in [0.25, 0.3) is 0 Å². The van der Waals surface area contributed by atoms with Gasteiger partial charge < -0.3 is 4.74 Å². The molecule has 2 rings (SSSR count). The first-order valence-corrected chi connectivity index (χ1v) is 8.27. The van der Waals surface area contributed by atoms with Crippen LogP contribution in [0.5, 0.6) is 0 Å². The summed E-state index contributed by atoms with van der Waals surface area (Å²) in [6.45, 7) is 2.13. The van der Waals surface area contributed by atoms with E-state index in [9.17, 15) is 4.79 Å². The molecule has 0 heterocycles. The van der Waals surface area contributed by atoms with Crippen LogP contribution in [-0.2, 0) is 4.74 Å². The Balaban J connectivity index is 2.31. The largest absolute Gasteiger partial charge is 0.462 e. The van der Waals surface area contributed by atoms with Gasteiger partial charge in [-0.3, -0.25) is 0 Å². The molecule has 0 bridgehead atoms. The molecule has 0 saturated carbocycles. The van der Waals surface area contributed by atoms with E-state index < -0.39 is 0 Å². The molecule has 2 aromatic rings. The van der Waals surface area contributed by atoms with Crippen LogP contribution in [-0.4, -0.2) is 12.6 Å². The van der Waals surface area contributed by atoms with Crippen molar-refractivity contribution in [3.8, 4) is 0 Å². The van der Waals surface area contributed by atoms with Crippen LogP contribution in [0.3, 0.4) is 0 Å². The number of benzene rings is 2. The quantitative estimate of drug-likeness (QED) is 0.500. The fourth-order valence-electron chi connectivity index (χ4n) is 1.59. The molecule has 0 amide bonds. The van der Waals surface area contributed by atoms with E-state index in [1.54, 1.807) is 19.1 Å². The van der Waals surface area contributed by atoms with Crippen molar-refractivity contribution in [1.82, 2.24) is 0 Å². The van der Waals surface area contributed by atoms with Crippen molar-refractivity contribution in [2.24, 2.45) is 0 Å². The lowest BCUT2D eigenvalue weighted by Crippen LogP contribution is -2.06. The maximum Gasteiger partial charge on any atom is 0.339 e. The Morgan fingerprint density at radius 1 is 1.25 bits per heavy atom. The zero-order valence-corrected chi connectivity index (χ0v) is 14.5. The Morgan fingerprint density at radius 2 is 1.95 bits per heavy atom. The summed E-state index contributed by atoms with van der Waals surface area (Å²) in [5.41, 5.74) is 0.503. The van der Waals surface area contributed by atoms with Crippen LogP contribution in [0.4, 0.5) is 0 Å². The number of esters is 1. The van der Waals surface area contributed by atoms with E-state index >= 15 is 0 Å². The number of ether oxygens (including phenoxy) is 1. The van der Waals surface area contributed by atoms with Crippen LogP contribution in [0.25, 0.3) is 0 Å². The molecule has 2 aromatic carbocycles. The van der Waals surface area contributed by atoms with E-state index in [4.69, 9.17) is 16.3 Å². The molecule has 0 N–H and O–H groups in total. The Labute approximate surface area is 141 Å². The maximum absolute atomic E-state index is 12.0. The first-order chi connectivity index (χ1) is 9.60. The highest BCUT2D eigenvalue weighted by molar-refractivity contribution is 14.1. The smallest absolute Gasteiger partial charge is 0.339 e. The van der Waals surface area contributed by atoms with Crippen LogP contribution in [0, 0.1) is 3.57 Å². The minimum atomic E-state index is -0.344. The Morgan fingerprint density at radius 3 is 2.60 bits per heavy atom. The van der Waals surface area contributed by atoms with Crippen molar-refractivity contribution in [2.45, 2.75) is 16.7 Å². The molecule has 0 radical (unpaired) electrons. The van der Waals surface area contributed by atoms with Crippen LogP contribution in [0.1, 0.15) is 17.3 Å². The molecular formula is C15H12ClIO2S. The van der Waals surface area contributed by atoms with Crippen molar-refractivity contribution in [2.75, 3.05) is 6.61 Å². The molecule has 0 atom stereocenters. The normalized spacial score (nSPS) is 10.3. The van der Waals surface area contributed by atoms with Crippen LogP contribution in [0.15, 0.2) is 52.3 Å². The van der Waals surface area contributed by atoms with Gasteiger partial charge in [-0.2, -0.15) is 0 Å². The van der Waals surface area contributed by atoms with Gasteiger partial charge in [0, 0.05) is 18.4 Å². The van der Waals surface area contributed by atoms with E-state index in [1.807, 2.05) is 30.3 Å². The monoisotopic (exact) mass is 418 g/mol. The summed E-state index contributed by atoms with van der Waals surface area (Å²) in [7, 11) is 0. The highest BCUT2D eigenvalue weighted by Crippen LogP contribution is 2.32. The summed E-state index contributed by atoms with van der Waals surface area (Å²) in [5.74, 6) is -0.344. The minimum absolute atomic E-state index is 0.344. The van der Waals surface area contributed by atoms with Crippen molar-refractivity contribution in [3.05, 3.63) is 56.6 Å². The molecule has 0 aliphatic rings. The Hall–Kier alpha value is -0.720. The molecule has 20 heavy (non-hydrogen) atoms. The SMILES string of the molecule is CCOC(=O)c1cc(Cl)ccc1Sc1ccc(I)cc1. The lowest BCUT2D eigenvalue weighted by atomic mass is 10.2. The summed E-state index contributed by atoms with van der Waals surface area (Å²) in [6.07, 6.45) is 0. The Kier molecular flexibility index (Phi) is 5.74. The second kappa shape index (κ2) is 7.33. The van der Waals surface area contributed by atoms with Gasteiger partial charge in [-0.05, 0) is 72.0 Å². The van der Waals surface area contributed by atoms with Gasteiger partial charge in [-0.15, -0.1) is 0 Å². The number of hydrogen-bond donors (Lipinski definition) is 0. The summed E-state index contributed by atoms with van der Waals surface area (Å²) in [6, 6.07) is 13.4. The van der Waals surface area contributed by atoms with Crippen molar-refractivity contribution in [1.29, 1.82) is 0 Å². The number of halogens is 2. The third-order valence-corrected chi connectivity index (χ3v) is 4.52. The van der Waals surface area contributed by atoms with Gasteiger partial charge in [0.05, 0.1) is 12.2 Å². The molecule has 0 unspecified atom stereocenters. The van der Waals surface area contributed by atoms with E-state index in [0.29, 0.717) is 17.2 Å². The van der Waals surface area contributed by atoms with Gasteiger partial charge in [0.2, 0.25) is 0 Å². The summed E-state index contributed by atoms with van der Waals surface area (Å²) < 4.78 is 6.24. The molecule has 0 fully saturated rings. The molecule has 104 valence electrons. The zero-order valence-electron chi connectivity index (χ0n) is 10.7. The first-order valence-electron chi connectivity index (χ1n) is 6.00. The molecule has 5 heteroatoms. The van der Waals surface area contributed by atoms with E-state index in [0.717, 1.165) is 9.79 Å². The molecular weight excluding hydrogens is 407 g/mol. The van der Waals surface area contributed by atoms with Gasteiger partial charge in [-0.1, -0.05) is 23.4 Å². The molecule has 0 aromatic heterocycles. The van der Waals surface area contributed by atoms with Crippen molar-refractivity contribution >= 4 is 51.9 Å². The first kappa shape index (κ1) is 15.7. The molecule has 0 aliphatic heterocycles. The third-order valence-electron chi connectivity index (χ3n) is 2.48. The van der Waals surface area contributed by atoms with Gasteiger partial charge in [-0.25, -0.2) is 4.79 Å². The molecule has 0 aliphatic carbocycles. The second-order valence-corrected chi connectivity index (χ2v) is 6.71. The van der Waals surface area contributed by atoms with Gasteiger partial charge >= 0.3 is 5.97 Å². The van der Waals surface area contributed by atoms with Gasteiger partial charge in [0.15, 0.2) is 0 Å². The predicted octanol–water partition coefficient (Wildman–Crippen LogP) is 5.27. The topological polar surface area (TPSA) is 26.3 Å². The van der Waals surface area contributed by atoms with E-state index in [1.165, 1.54) is 15.3 Å². The highest BCUT2D eigenvalue weighted by Gasteiger charge is 2.14. The number of rotatable bonds is 4. The van der Waals surface area contributed by atoms with Crippen molar-refractivity contribution in [3.63, 3.8) is 0 Å². The lowest BCUT2D eigenvalue weighted by molar-refractivity contribution is 0.0522. The number of carbonyl (C=O) groups is 1. The van der Waals surface area contributed by atoms with Crippen molar-refractivity contribution < 1.29 is 9.53 Å². The van der Waals surface area contributed by atoms with E-state index in [2.05, 4.69) is 22.6 Å². The fourth-order valence-corrected chi connectivity index (χ4v) is 3.04. The summed E-state index contributed by atoms with van der Waals surface area (Å²) in [5, 5.41) is 0.528. The summed E-state index contributed by atoms with van der Waals surface area (Å²) >= 11 is 9.75. The average molecular weight is 419 g/mol. The standard InChI is InChI=1S/C15H12ClIO2S/c1-2-19-15(18)13-9-10(16)3-8-14(13)20-12-6-4-11(17)5-7-12/h3-9H,2H2,1H3. The summed E-state index contributed by atoms with van der Waals surface area (Å²) in [4.78, 5) is 13.9. The molecule has 2 nitrogen and oxygen atoms in total. The molecule has 0 spiro atoms. The highest BCUT2D eigenvalue weighted by atomic mass is 127. The molecule has 0 saturated heterocycles. The Bertz CT molecular complexity index is 614. The number of hydrogen-bond acceptors (Lipinski definition) is 3.